The van der Waals surface area contributed by atoms with Crippen LogP contribution in [0.1, 0.15) is 115 Å². The molecule has 0 spiro atoms. The fourth-order valence-corrected chi connectivity index (χ4v) is 11.4. The van der Waals surface area contributed by atoms with Crippen molar-refractivity contribution in [2.45, 2.75) is 118 Å². The summed E-state index contributed by atoms with van der Waals surface area (Å²) in [5.74, 6) is 0. The van der Waals surface area contributed by atoms with Crippen molar-refractivity contribution in [3.8, 4) is 11.1 Å². The zero-order chi connectivity index (χ0) is 44.8. The Morgan fingerprint density at radius 1 is 0.516 bits per heavy atom. The lowest BCUT2D eigenvalue weighted by Crippen LogP contribution is -2.62. The van der Waals surface area contributed by atoms with E-state index in [2.05, 4.69) is 220 Å². The normalized spacial score (nSPS) is 16.2. The second-order valence-corrected chi connectivity index (χ2v) is 22.6. The van der Waals surface area contributed by atoms with Crippen LogP contribution >= 0.6 is 0 Å². The minimum atomic E-state index is -0.0818. The van der Waals surface area contributed by atoms with E-state index in [0.717, 1.165) is 34.8 Å². The summed E-state index contributed by atoms with van der Waals surface area (Å²) >= 11 is 0. The van der Waals surface area contributed by atoms with Gasteiger partial charge in [0.2, 0.25) is 0 Å². The molecule has 0 amide bonds. The summed E-state index contributed by atoms with van der Waals surface area (Å²) in [7, 11) is 0. The Balaban J connectivity index is 1.30. The molecule has 0 saturated heterocycles. The maximum Gasteiger partial charge on any atom is 0.257 e. The van der Waals surface area contributed by atoms with Crippen LogP contribution in [0.15, 0.2) is 132 Å². The van der Waals surface area contributed by atoms with Crippen LogP contribution < -0.4 is 26.2 Å². The topological polar surface area (TPSA) is 19.6 Å². The predicted octanol–water partition coefficient (Wildman–Crippen LogP) is 14.9. The van der Waals surface area contributed by atoms with Crippen LogP contribution in [-0.2, 0) is 21.7 Å². The van der Waals surface area contributed by atoms with Crippen LogP contribution in [0.5, 0.6) is 0 Å². The number of furan rings is 1. The van der Waals surface area contributed by atoms with E-state index in [1.165, 1.54) is 95.0 Å². The van der Waals surface area contributed by atoms with Gasteiger partial charge in [-0.05, 0) is 158 Å². The lowest BCUT2D eigenvalue weighted by atomic mass is 9.33. The molecule has 0 unspecified atom stereocenters. The molecule has 1 aromatic heterocycles. The molecular weight excluding hydrogens is 775 g/mol. The molecule has 2 aliphatic heterocycles. The first-order valence-electron chi connectivity index (χ1n) is 23.5. The highest BCUT2D eigenvalue weighted by Crippen LogP contribution is 2.52. The molecule has 0 bridgehead atoms. The second-order valence-electron chi connectivity index (χ2n) is 22.6. The molecule has 4 heteroatoms. The SMILES string of the molecule is Cc1cc2c3c(c1)N(c1ccc(C(C)(C)C)cc1-c1ccccc1)c1ccc4c(oc5ccccc54)c1B3c1cc3c(cc1N2c1ccc(C(C)(C)C)cc1C)C(C)(C)CCC3(C)C. The van der Waals surface area contributed by atoms with Gasteiger partial charge in [-0.1, -0.05) is 142 Å². The number of nitrogens with zero attached hydrogens (tertiary/aromatic N) is 2. The zero-order valence-corrected chi connectivity index (χ0v) is 39.9. The van der Waals surface area contributed by atoms with Crippen LogP contribution in [0.25, 0.3) is 33.1 Å². The van der Waals surface area contributed by atoms with E-state index in [1.807, 2.05) is 0 Å². The van der Waals surface area contributed by atoms with Crippen LogP contribution in [0, 0.1) is 13.8 Å². The van der Waals surface area contributed by atoms with Crippen molar-refractivity contribution in [1.29, 1.82) is 0 Å². The van der Waals surface area contributed by atoms with E-state index in [9.17, 15) is 0 Å². The molecule has 64 heavy (non-hydrogen) atoms. The molecule has 3 nitrogen and oxygen atoms in total. The molecule has 0 N–H and O–H groups in total. The van der Waals surface area contributed by atoms with Gasteiger partial charge in [0.25, 0.3) is 6.71 Å². The zero-order valence-electron chi connectivity index (χ0n) is 39.9. The van der Waals surface area contributed by atoms with Gasteiger partial charge < -0.3 is 14.2 Å². The molecule has 3 heterocycles. The fraction of sp³-hybridized carbons (Fsp3) is 0.300. The second kappa shape index (κ2) is 13.8. The molecular formula is C60H61BN2O. The molecule has 0 saturated carbocycles. The monoisotopic (exact) mass is 836 g/mol. The summed E-state index contributed by atoms with van der Waals surface area (Å²) in [5.41, 5.74) is 23.7. The van der Waals surface area contributed by atoms with Gasteiger partial charge in [-0.3, -0.25) is 0 Å². The van der Waals surface area contributed by atoms with Gasteiger partial charge in [-0.15, -0.1) is 0 Å². The molecule has 7 aromatic carbocycles. The highest BCUT2D eigenvalue weighted by atomic mass is 16.3. The van der Waals surface area contributed by atoms with Gasteiger partial charge in [0, 0.05) is 44.8 Å². The van der Waals surface area contributed by atoms with Crippen LogP contribution in [0.4, 0.5) is 34.1 Å². The molecule has 11 rings (SSSR count). The van der Waals surface area contributed by atoms with Gasteiger partial charge in [-0.2, -0.15) is 0 Å². The van der Waals surface area contributed by atoms with Crippen molar-refractivity contribution in [2.75, 3.05) is 9.80 Å². The van der Waals surface area contributed by atoms with Crippen molar-refractivity contribution in [1.82, 2.24) is 0 Å². The van der Waals surface area contributed by atoms with E-state index < -0.39 is 0 Å². The summed E-state index contributed by atoms with van der Waals surface area (Å²) < 4.78 is 7.19. The third kappa shape index (κ3) is 6.08. The summed E-state index contributed by atoms with van der Waals surface area (Å²) in [6.45, 7) is 28.3. The van der Waals surface area contributed by atoms with Crippen LogP contribution in [0.2, 0.25) is 0 Å². The van der Waals surface area contributed by atoms with Gasteiger partial charge >= 0.3 is 0 Å². The van der Waals surface area contributed by atoms with Crippen molar-refractivity contribution in [3.63, 3.8) is 0 Å². The van der Waals surface area contributed by atoms with Crippen molar-refractivity contribution < 1.29 is 4.42 Å². The molecule has 0 fully saturated rings. The Bertz CT molecular complexity index is 3230. The third-order valence-electron chi connectivity index (χ3n) is 15.2. The molecule has 3 aliphatic rings. The third-order valence-corrected chi connectivity index (χ3v) is 15.2. The van der Waals surface area contributed by atoms with Crippen LogP contribution in [-0.4, -0.2) is 6.71 Å². The minimum Gasteiger partial charge on any atom is -0.457 e. The van der Waals surface area contributed by atoms with Gasteiger partial charge in [-0.25, -0.2) is 0 Å². The summed E-state index contributed by atoms with van der Waals surface area (Å²) in [6.07, 6.45) is 2.31. The number of para-hydroxylation sites is 1. The number of hydrogen-bond donors (Lipinski definition) is 0. The highest BCUT2D eigenvalue weighted by molar-refractivity contribution is 7.01. The van der Waals surface area contributed by atoms with Crippen LogP contribution in [0.3, 0.4) is 0 Å². The molecule has 1 aliphatic carbocycles. The number of fused-ring (bicyclic) bond motifs is 9. The molecule has 320 valence electrons. The summed E-state index contributed by atoms with van der Waals surface area (Å²) in [5, 5.41) is 2.32. The van der Waals surface area contributed by atoms with Crippen molar-refractivity contribution in [3.05, 3.63) is 161 Å². The first kappa shape index (κ1) is 40.8. The maximum atomic E-state index is 7.19. The Hall–Kier alpha value is -6.00. The largest absolute Gasteiger partial charge is 0.457 e. The van der Waals surface area contributed by atoms with Gasteiger partial charge in [0.1, 0.15) is 11.2 Å². The Morgan fingerprint density at radius 2 is 1.09 bits per heavy atom. The number of benzene rings is 7. The number of anilines is 6. The lowest BCUT2D eigenvalue weighted by Gasteiger charge is -2.47. The first-order chi connectivity index (χ1) is 30.3. The fourth-order valence-electron chi connectivity index (χ4n) is 11.4. The lowest BCUT2D eigenvalue weighted by molar-refractivity contribution is 0.332. The first-order valence-corrected chi connectivity index (χ1v) is 23.5. The predicted molar refractivity (Wildman–Crippen MR) is 275 cm³/mol. The minimum absolute atomic E-state index is 0.0258. The highest BCUT2D eigenvalue weighted by Gasteiger charge is 2.48. The Morgan fingerprint density at radius 3 is 1.75 bits per heavy atom. The number of rotatable bonds is 3. The van der Waals surface area contributed by atoms with Gasteiger partial charge in [0.15, 0.2) is 0 Å². The van der Waals surface area contributed by atoms with E-state index in [0.29, 0.717) is 0 Å². The van der Waals surface area contributed by atoms with E-state index in [1.54, 1.807) is 0 Å². The smallest absolute Gasteiger partial charge is 0.257 e. The number of hydrogen-bond acceptors (Lipinski definition) is 3. The van der Waals surface area contributed by atoms with E-state index in [4.69, 9.17) is 4.42 Å². The van der Waals surface area contributed by atoms with Crippen molar-refractivity contribution in [2.24, 2.45) is 0 Å². The maximum absolute atomic E-state index is 7.19. The van der Waals surface area contributed by atoms with E-state index >= 15 is 0 Å². The van der Waals surface area contributed by atoms with Gasteiger partial charge in [0.05, 0.1) is 5.69 Å². The average molecular weight is 837 g/mol. The Kier molecular flexibility index (Phi) is 8.76. The molecule has 0 atom stereocenters. The number of aryl methyl sites for hydroxylation is 2. The Labute approximate surface area is 381 Å². The quantitative estimate of drug-likeness (QED) is 0.165. The standard InChI is InChI=1S/C60H61BN2O/c1-36-30-51-54-52(31-36)63(48-26-23-40(58(6,7)8)33-43(48)38-18-14-13-15-19-38)49-27-24-42-41-20-16-17-21-53(41)64-56(42)55(49)61(54)46-34-44-45(60(11,12)29-28-59(44,9)10)35-50(46)62(51)47-25-22-39(32-37(47)2)57(3,4)5/h13-27,30-35H,28-29H2,1-12H3. The summed E-state index contributed by atoms with van der Waals surface area (Å²) in [4.78, 5) is 5.23. The summed E-state index contributed by atoms with van der Waals surface area (Å²) in [6, 6.07) is 48.8. The molecule has 8 aromatic rings. The van der Waals surface area contributed by atoms with E-state index in [-0.39, 0.29) is 28.4 Å². The van der Waals surface area contributed by atoms with Crippen molar-refractivity contribution >= 4 is 79.2 Å². The molecule has 0 radical (unpaired) electrons. The average Bonchev–Trinajstić information content (AvgIpc) is 3.63.